The maximum Gasteiger partial charge on any atom is 0.319 e. The number of halogens is 1. The average Bonchev–Trinajstić information content (AvgIpc) is 3.14. The lowest BCUT2D eigenvalue weighted by atomic mass is 10.1. The standard InChI is InChI=1S/C18H20ClN5O2/c19-14-2-1-3-16(8-14)23-17(25)13-4-6-15(7-5-13)24-18(26)20-9-12-10-21-22-11-12/h1-8,12,21-22H,9-11H2,(H,23,25)(H2,20,24,26). The maximum absolute atomic E-state index is 12.2. The van der Waals surface area contributed by atoms with Crippen molar-refractivity contribution in [3.8, 4) is 0 Å². The molecule has 2 aromatic carbocycles. The molecule has 0 spiro atoms. The average molecular weight is 374 g/mol. The minimum absolute atomic E-state index is 0.246. The Kier molecular flexibility index (Phi) is 6.06. The molecule has 1 saturated heterocycles. The largest absolute Gasteiger partial charge is 0.337 e. The Morgan fingerprint density at radius 3 is 2.42 bits per heavy atom. The first-order valence-corrected chi connectivity index (χ1v) is 8.65. The number of hydrazine groups is 1. The number of hydrogen-bond acceptors (Lipinski definition) is 4. The second-order valence-corrected chi connectivity index (χ2v) is 6.44. The van der Waals surface area contributed by atoms with Crippen LogP contribution in [0.25, 0.3) is 0 Å². The molecule has 0 aromatic heterocycles. The number of benzene rings is 2. The molecule has 8 heteroatoms. The van der Waals surface area contributed by atoms with Crippen molar-refractivity contribution in [2.45, 2.75) is 0 Å². The highest BCUT2D eigenvalue weighted by Crippen LogP contribution is 2.16. The van der Waals surface area contributed by atoms with Gasteiger partial charge in [-0.05, 0) is 42.5 Å². The Hall–Kier alpha value is -2.61. The monoisotopic (exact) mass is 373 g/mol. The van der Waals surface area contributed by atoms with Gasteiger partial charge in [-0.2, -0.15) is 0 Å². The highest BCUT2D eigenvalue weighted by molar-refractivity contribution is 6.31. The Bertz CT molecular complexity index is 775. The first-order valence-electron chi connectivity index (χ1n) is 8.28. The van der Waals surface area contributed by atoms with Crippen LogP contribution in [0.3, 0.4) is 0 Å². The van der Waals surface area contributed by atoms with E-state index >= 15 is 0 Å². The van der Waals surface area contributed by atoms with Gasteiger partial charge in [0.05, 0.1) is 0 Å². The zero-order valence-corrected chi connectivity index (χ0v) is 14.8. The summed E-state index contributed by atoms with van der Waals surface area (Å²) in [5.41, 5.74) is 7.76. The van der Waals surface area contributed by atoms with E-state index in [-0.39, 0.29) is 11.9 Å². The smallest absolute Gasteiger partial charge is 0.319 e. The number of carbonyl (C=O) groups excluding carboxylic acids is 2. The molecule has 26 heavy (non-hydrogen) atoms. The second kappa shape index (κ2) is 8.66. The van der Waals surface area contributed by atoms with Crippen molar-refractivity contribution in [3.63, 3.8) is 0 Å². The summed E-state index contributed by atoms with van der Waals surface area (Å²) in [6.07, 6.45) is 0. The van der Waals surface area contributed by atoms with Crippen LogP contribution < -0.4 is 26.8 Å². The number of anilines is 2. The highest BCUT2D eigenvalue weighted by Gasteiger charge is 2.14. The summed E-state index contributed by atoms with van der Waals surface area (Å²) in [4.78, 5) is 24.1. The van der Waals surface area contributed by atoms with E-state index in [0.717, 1.165) is 13.1 Å². The molecule has 1 fully saturated rings. The van der Waals surface area contributed by atoms with Crippen molar-refractivity contribution in [1.29, 1.82) is 0 Å². The van der Waals surface area contributed by atoms with Crippen molar-refractivity contribution in [1.82, 2.24) is 16.2 Å². The molecular weight excluding hydrogens is 354 g/mol. The van der Waals surface area contributed by atoms with Gasteiger partial charge in [0, 0.05) is 47.5 Å². The molecule has 3 rings (SSSR count). The molecule has 2 aromatic rings. The molecule has 0 aliphatic carbocycles. The van der Waals surface area contributed by atoms with Gasteiger partial charge >= 0.3 is 6.03 Å². The van der Waals surface area contributed by atoms with Gasteiger partial charge < -0.3 is 16.0 Å². The molecule has 0 unspecified atom stereocenters. The summed E-state index contributed by atoms with van der Waals surface area (Å²) in [5.74, 6) is 0.128. The van der Waals surface area contributed by atoms with Gasteiger partial charge in [-0.3, -0.25) is 15.6 Å². The molecule has 3 amide bonds. The van der Waals surface area contributed by atoms with E-state index < -0.39 is 0 Å². The Morgan fingerprint density at radius 2 is 1.73 bits per heavy atom. The molecule has 5 N–H and O–H groups in total. The molecule has 0 saturated carbocycles. The first kappa shape index (κ1) is 18.2. The number of nitrogens with one attached hydrogen (secondary N) is 5. The van der Waals surface area contributed by atoms with Crippen molar-refractivity contribution >= 4 is 34.9 Å². The number of urea groups is 1. The van der Waals surface area contributed by atoms with E-state index in [4.69, 9.17) is 11.6 Å². The van der Waals surface area contributed by atoms with E-state index in [0.29, 0.717) is 34.4 Å². The van der Waals surface area contributed by atoms with Gasteiger partial charge in [0.1, 0.15) is 0 Å². The number of rotatable bonds is 5. The second-order valence-electron chi connectivity index (χ2n) is 6.00. The molecular formula is C18H20ClN5O2. The first-order chi connectivity index (χ1) is 12.6. The van der Waals surface area contributed by atoms with Crippen LogP contribution in [0.4, 0.5) is 16.2 Å². The van der Waals surface area contributed by atoms with Crippen LogP contribution in [-0.4, -0.2) is 31.6 Å². The summed E-state index contributed by atoms with van der Waals surface area (Å²) in [6.45, 7) is 2.25. The lowest BCUT2D eigenvalue weighted by Gasteiger charge is -2.11. The predicted octanol–water partition coefficient (Wildman–Crippen LogP) is 2.44. The Labute approximate surface area is 156 Å². The van der Waals surface area contributed by atoms with Crippen LogP contribution in [0, 0.1) is 5.92 Å². The van der Waals surface area contributed by atoms with Crippen LogP contribution >= 0.6 is 11.6 Å². The van der Waals surface area contributed by atoms with Crippen LogP contribution in [0.5, 0.6) is 0 Å². The molecule has 1 aliphatic rings. The summed E-state index contributed by atoms with van der Waals surface area (Å²) >= 11 is 5.91. The van der Waals surface area contributed by atoms with Crippen LogP contribution in [0.1, 0.15) is 10.4 Å². The molecule has 136 valence electrons. The lowest BCUT2D eigenvalue weighted by molar-refractivity contribution is 0.102. The van der Waals surface area contributed by atoms with Crippen molar-refractivity contribution in [2.24, 2.45) is 5.92 Å². The zero-order valence-electron chi connectivity index (χ0n) is 14.0. The number of hydrogen-bond donors (Lipinski definition) is 5. The quantitative estimate of drug-likeness (QED) is 0.556. The number of carbonyl (C=O) groups is 2. The van der Waals surface area contributed by atoms with Crippen LogP contribution in [-0.2, 0) is 0 Å². The Balaban J connectivity index is 1.50. The van der Waals surface area contributed by atoms with E-state index in [1.807, 2.05) is 0 Å². The third kappa shape index (κ3) is 5.19. The third-order valence-electron chi connectivity index (χ3n) is 3.95. The highest BCUT2D eigenvalue weighted by atomic mass is 35.5. The summed E-state index contributed by atoms with van der Waals surface area (Å²) in [5, 5.41) is 8.90. The summed E-state index contributed by atoms with van der Waals surface area (Å²) < 4.78 is 0. The summed E-state index contributed by atoms with van der Waals surface area (Å²) in [6, 6.07) is 13.3. The van der Waals surface area contributed by atoms with Gasteiger partial charge in [-0.15, -0.1) is 0 Å². The topological polar surface area (TPSA) is 94.3 Å². The van der Waals surface area contributed by atoms with Gasteiger partial charge in [0.25, 0.3) is 5.91 Å². The van der Waals surface area contributed by atoms with Gasteiger partial charge in [0.2, 0.25) is 0 Å². The fraction of sp³-hybridized carbons (Fsp3) is 0.222. The minimum atomic E-state index is -0.270. The van der Waals surface area contributed by atoms with Gasteiger partial charge in [-0.1, -0.05) is 17.7 Å². The SMILES string of the molecule is O=C(NCC1CNNC1)Nc1ccc(C(=O)Nc2cccc(Cl)c2)cc1. The van der Waals surface area contributed by atoms with Gasteiger partial charge in [-0.25, -0.2) is 4.79 Å². The maximum atomic E-state index is 12.2. The normalized spacial score (nSPS) is 14.0. The molecule has 0 atom stereocenters. The fourth-order valence-corrected chi connectivity index (χ4v) is 2.73. The van der Waals surface area contributed by atoms with E-state index in [1.165, 1.54) is 0 Å². The fourth-order valence-electron chi connectivity index (χ4n) is 2.54. The summed E-state index contributed by atoms with van der Waals surface area (Å²) in [7, 11) is 0. The molecule has 1 heterocycles. The Morgan fingerprint density at radius 1 is 1.00 bits per heavy atom. The van der Waals surface area contributed by atoms with E-state index in [9.17, 15) is 9.59 Å². The zero-order chi connectivity index (χ0) is 18.4. The number of amides is 3. The lowest BCUT2D eigenvalue weighted by Crippen LogP contribution is -2.34. The molecule has 0 radical (unpaired) electrons. The predicted molar refractivity (Wildman–Crippen MR) is 102 cm³/mol. The molecule has 1 aliphatic heterocycles. The van der Waals surface area contributed by atoms with Crippen molar-refractivity contribution in [2.75, 3.05) is 30.3 Å². The van der Waals surface area contributed by atoms with E-state index in [1.54, 1.807) is 48.5 Å². The van der Waals surface area contributed by atoms with Crippen LogP contribution in [0.15, 0.2) is 48.5 Å². The van der Waals surface area contributed by atoms with Crippen molar-refractivity contribution < 1.29 is 9.59 Å². The minimum Gasteiger partial charge on any atom is -0.337 e. The van der Waals surface area contributed by atoms with Crippen LogP contribution in [0.2, 0.25) is 5.02 Å². The molecule has 0 bridgehead atoms. The van der Waals surface area contributed by atoms with Crippen molar-refractivity contribution in [3.05, 3.63) is 59.1 Å². The molecule has 7 nitrogen and oxygen atoms in total. The third-order valence-corrected chi connectivity index (χ3v) is 4.18. The van der Waals surface area contributed by atoms with Gasteiger partial charge in [0.15, 0.2) is 0 Å². The van der Waals surface area contributed by atoms with E-state index in [2.05, 4.69) is 26.8 Å².